The van der Waals surface area contributed by atoms with Crippen LogP contribution in [0.25, 0.3) is 0 Å². The Labute approximate surface area is 169 Å². The number of nitrogens with zero attached hydrogens (tertiary/aromatic N) is 3. The number of aromatic nitrogens is 1. The first-order chi connectivity index (χ1) is 13.9. The van der Waals surface area contributed by atoms with E-state index >= 15 is 0 Å². The summed E-state index contributed by atoms with van der Waals surface area (Å²) in [7, 11) is 5.49. The van der Waals surface area contributed by atoms with Crippen LogP contribution in [0, 0.1) is 0 Å². The molecule has 2 aromatic rings. The molecule has 0 aliphatic carbocycles. The molecule has 1 heterocycles. The monoisotopic (exact) mass is 407 g/mol. The van der Waals surface area contributed by atoms with Crippen molar-refractivity contribution in [2.75, 3.05) is 32.6 Å². The summed E-state index contributed by atoms with van der Waals surface area (Å²) in [5.74, 6) is 1.69. The fourth-order valence-electron chi connectivity index (χ4n) is 2.59. The van der Waals surface area contributed by atoms with Crippen molar-refractivity contribution in [3.63, 3.8) is 0 Å². The summed E-state index contributed by atoms with van der Waals surface area (Å²) >= 11 is 0. The molecule has 0 unspecified atom stereocenters. The van der Waals surface area contributed by atoms with Crippen LogP contribution in [0.2, 0.25) is 0 Å². The molecular formula is C20H27F2N5O2. The minimum atomic E-state index is -2.94. The van der Waals surface area contributed by atoms with Crippen LogP contribution in [0.3, 0.4) is 0 Å². The fourth-order valence-corrected chi connectivity index (χ4v) is 2.59. The molecular weight excluding hydrogens is 380 g/mol. The second-order valence-electron chi connectivity index (χ2n) is 6.25. The normalized spacial score (nSPS) is 11.3. The van der Waals surface area contributed by atoms with Crippen LogP contribution >= 0.6 is 0 Å². The van der Waals surface area contributed by atoms with E-state index in [0.29, 0.717) is 24.7 Å². The van der Waals surface area contributed by atoms with E-state index in [2.05, 4.69) is 25.3 Å². The number of pyridine rings is 1. The molecule has 9 heteroatoms. The number of halogens is 2. The molecule has 0 saturated heterocycles. The Morgan fingerprint density at radius 1 is 1.21 bits per heavy atom. The molecule has 0 saturated carbocycles. The number of rotatable bonds is 9. The molecule has 7 nitrogen and oxygen atoms in total. The molecule has 29 heavy (non-hydrogen) atoms. The Balaban J connectivity index is 2.03. The van der Waals surface area contributed by atoms with Gasteiger partial charge in [-0.1, -0.05) is 12.1 Å². The Morgan fingerprint density at radius 2 is 1.97 bits per heavy atom. The van der Waals surface area contributed by atoms with Gasteiger partial charge in [-0.15, -0.1) is 0 Å². The SMILES string of the molecule is CCOc1cccc(CNC(=NC)NCc2ccnc(N(C)C)c2)c1OC(F)F. The van der Waals surface area contributed by atoms with Gasteiger partial charge in [0, 0.05) is 46.0 Å². The van der Waals surface area contributed by atoms with Crippen LogP contribution in [0.15, 0.2) is 41.5 Å². The van der Waals surface area contributed by atoms with Gasteiger partial charge < -0.3 is 25.0 Å². The van der Waals surface area contributed by atoms with Crippen molar-refractivity contribution in [3.8, 4) is 11.5 Å². The number of hydrogen-bond acceptors (Lipinski definition) is 5. The number of guanidine groups is 1. The average Bonchev–Trinajstić information content (AvgIpc) is 2.70. The number of benzene rings is 1. The number of hydrogen-bond donors (Lipinski definition) is 2. The van der Waals surface area contributed by atoms with Crippen molar-refractivity contribution in [1.82, 2.24) is 15.6 Å². The number of anilines is 1. The van der Waals surface area contributed by atoms with Gasteiger partial charge in [-0.05, 0) is 30.7 Å². The first kappa shape index (κ1) is 22.2. The minimum Gasteiger partial charge on any atom is -0.490 e. The van der Waals surface area contributed by atoms with Crippen molar-refractivity contribution in [2.24, 2.45) is 4.99 Å². The predicted molar refractivity (Wildman–Crippen MR) is 110 cm³/mol. The highest BCUT2D eigenvalue weighted by atomic mass is 19.3. The Bertz CT molecular complexity index is 815. The van der Waals surface area contributed by atoms with Crippen LogP contribution in [-0.4, -0.2) is 45.3 Å². The number of ether oxygens (including phenoxy) is 2. The summed E-state index contributed by atoms with van der Waals surface area (Å²) in [4.78, 5) is 10.4. The van der Waals surface area contributed by atoms with Gasteiger partial charge in [-0.25, -0.2) is 4.98 Å². The molecule has 0 radical (unpaired) electrons. The van der Waals surface area contributed by atoms with Crippen molar-refractivity contribution in [3.05, 3.63) is 47.7 Å². The summed E-state index contributed by atoms with van der Waals surface area (Å²) in [6.45, 7) is -0.0421. The molecule has 158 valence electrons. The summed E-state index contributed by atoms with van der Waals surface area (Å²) in [6.07, 6.45) is 1.75. The number of aliphatic imine (C=N–C) groups is 1. The van der Waals surface area contributed by atoms with E-state index in [1.165, 1.54) is 0 Å². The molecule has 0 aliphatic rings. The lowest BCUT2D eigenvalue weighted by Crippen LogP contribution is -2.36. The fraction of sp³-hybridized carbons (Fsp3) is 0.400. The van der Waals surface area contributed by atoms with Crippen LogP contribution in [0.4, 0.5) is 14.6 Å². The molecule has 0 bridgehead atoms. The van der Waals surface area contributed by atoms with E-state index in [4.69, 9.17) is 4.74 Å². The van der Waals surface area contributed by atoms with Crippen LogP contribution in [-0.2, 0) is 13.1 Å². The average molecular weight is 407 g/mol. The zero-order valence-electron chi connectivity index (χ0n) is 17.1. The quantitative estimate of drug-likeness (QED) is 0.492. The topological polar surface area (TPSA) is 71.0 Å². The molecule has 0 amide bonds. The summed E-state index contributed by atoms with van der Waals surface area (Å²) in [5.41, 5.74) is 1.57. The van der Waals surface area contributed by atoms with Crippen molar-refractivity contribution in [1.29, 1.82) is 0 Å². The predicted octanol–water partition coefficient (Wildman–Crippen LogP) is 3.01. The molecule has 0 fully saturated rings. The van der Waals surface area contributed by atoms with Crippen LogP contribution in [0.5, 0.6) is 11.5 Å². The van der Waals surface area contributed by atoms with Crippen molar-refractivity contribution < 1.29 is 18.3 Å². The second kappa shape index (κ2) is 11.0. The van der Waals surface area contributed by atoms with Gasteiger partial charge >= 0.3 is 6.61 Å². The Morgan fingerprint density at radius 3 is 2.62 bits per heavy atom. The van der Waals surface area contributed by atoms with E-state index in [1.807, 2.05) is 31.1 Å². The molecule has 1 aromatic heterocycles. The number of nitrogens with one attached hydrogen (secondary N) is 2. The molecule has 0 aliphatic heterocycles. The van der Waals surface area contributed by atoms with Gasteiger partial charge in [0.1, 0.15) is 5.82 Å². The third-order valence-electron chi connectivity index (χ3n) is 3.97. The van der Waals surface area contributed by atoms with E-state index in [-0.39, 0.29) is 18.0 Å². The molecule has 1 aromatic carbocycles. The van der Waals surface area contributed by atoms with E-state index in [9.17, 15) is 8.78 Å². The smallest absolute Gasteiger partial charge is 0.387 e. The van der Waals surface area contributed by atoms with Gasteiger partial charge in [0.15, 0.2) is 17.5 Å². The molecule has 0 spiro atoms. The van der Waals surface area contributed by atoms with Crippen molar-refractivity contribution >= 4 is 11.8 Å². The van der Waals surface area contributed by atoms with Gasteiger partial charge in [0.05, 0.1) is 6.61 Å². The van der Waals surface area contributed by atoms with Crippen LogP contribution in [0.1, 0.15) is 18.1 Å². The lowest BCUT2D eigenvalue weighted by atomic mass is 10.2. The summed E-state index contributed by atoms with van der Waals surface area (Å²) < 4.78 is 35.8. The van der Waals surface area contributed by atoms with Gasteiger partial charge in [0.25, 0.3) is 0 Å². The maximum atomic E-state index is 12.8. The maximum absolute atomic E-state index is 12.8. The third kappa shape index (κ3) is 6.78. The Kier molecular flexibility index (Phi) is 8.45. The number of alkyl halides is 2. The lowest BCUT2D eigenvalue weighted by Gasteiger charge is -2.17. The highest BCUT2D eigenvalue weighted by Gasteiger charge is 2.16. The first-order valence-corrected chi connectivity index (χ1v) is 9.20. The highest BCUT2D eigenvalue weighted by molar-refractivity contribution is 5.79. The van der Waals surface area contributed by atoms with Gasteiger partial charge in [0.2, 0.25) is 0 Å². The van der Waals surface area contributed by atoms with E-state index < -0.39 is 6.61 Å². The molecule has 0 atom stereocenters. The van der Waals surface area contributed by atoms with E-state index in [1.54, 1.807) is 38.4 Å². The summed E-state index contributed by atoms with van der Waals surface area (Å²) in [6, 6.07) is 8.92. The zero-order chi connectivity index (χ0) is 21.2. The molecule has 2 rings (SSSR count). The maximum Gasteiger partial charge on any atom is 0.387 e. The minimum absolute atomic E-state index is 0.0251. The Hall–Kier alpha value is -3.10. The largest absolute Gasteiger partial charge is 0.490 e. The molecule has 2 N–H and O–H groups in total. The highest BCUT2D eigenvalue weighted by Crippen LogP contribution is 2.32. The standard InChI is InChI=1S/C20H27F2N5O2/c1-5-28-16-8-6-7-15(18(16)29-19(21)22)13-26-20(23-2)25-12-14-9-10-24-17(11-14)27(3)4/h6-11,19H,5,12-13H2,1-4H3,(H2,23,25,26). The number of para-hydroxylation sites is 1. The van der Waals surface area contributed by atoms with Crippen molar-refractivity contribution in [2.45, 2.75) is 26.6 Å². The zero-order valence-corrected chi connectivity index (χ0v) is 17.1. The lowest BCUT2D eigenvalue weighted by molar-refractivity contribution is -0.0520. The summed E-state index contributed by atoms with van der Waals surface area (Å²) in [5, 5.41) is 6.30. The van der Waals surface area contributed by atoms with E-state index in [0.717, 1.165) is 11.4 Å². The second-order valence-corrected chi connectivity index (χ2v) is 6.25. The van der Waals surface area contributed by atoms with Gasteiger partial charge in [-0.3, -0.25) is 4.99 Å². The first-order valence-electron chi connectivity index (χ1n) is 9.20. The third-order valence-corrected chi connectivity index (χ3v) is 3.97. The van der Waals surface area contributed by atoms with Crippen LogP contribution < -0.4 is 25.0 Å². The van der Waals surface area contributed by atoms with Gasteiger partial charge in [-0.2, -0.15) is 8.78 Å².